The second-order valence-corrected chi connectivity index (χ2v) is 10.6. The Hall–Kier alpha value is -3.04. The topological polar surface area (TPSA) is 83.1 Å². The Labute approximate surface area is 198 Å². The summed E-state index contributed by atoms with van der Waals surface area (Å²) in [6.07, 6.45) is 3.97. The summed E-state index contributed by atoms with van der Waals surface area (Å²) in [5, 5.41) is 14.0. The lowest BCUT2D eigenvalue weighted by Crippen LogP contribution is -2.31. The van der Waals surface area contributed by atoms with Crippen molar-refractivity contribution in [1.82, 2.24) is 5.32 Å². The Kier molecular flexibility index (Phi) is 6.62. The SMILES string of the molecule is CC(C)(C)c1ccc(C(=O)CCSC2=C(C#N)[C@@H](c3ccco3)C3=C(CCCC3=O)N2)cc1. The number of thioether (sulfide) groups is 1. The molecular formula is C27H28N2O3S. The lowest BCUT2D eigenvalue weighted by Gasteiger charge is -2.32. The van der Waals surface area contributed by atoms with Crippen molar-refractivity contribution < 1.29 is 14.0 Å². The van der Waals surface area contributed by atoms with Crippen LogP contribution in [0.1, 0.15) is 74.1 Å². The van der Waals surface area contributed by atoms with Crippen molar-refractivity contribution in [3.8, 4) is 6.07 Å². The molecule has 1 aromatic heterocycles. The number of nitrogens with one attached hydrogen (secondary N) is 1. The summed E-state index contributed by atoms with van der Waals surface area (Å²) in [5.41, 5.74) is 3.93. The number of ketones is 2. The summed E-state index contributed by atoms with van der Waals surface area (Å²) in [4.78, 5) is 25.5. The minimum atomic E-state index is -0.489. The van der Waals surface area contributed by atoms with Gasteiger partial charge in [0.15, 0.2) is 11.6 Å². The summed E-state index contributed by atoms with van der Waals surface area (Å²) >= 11 is 1.46. The first kappa shape index (κ1) is 23.1. The number of allylic oxidation sites excluding steroid dienone is 3. The van der Waals surface area contributed by atoms with E-state index in [-0.39, 0.29) is 17.0 Å². The quantitative estimate of drug-likeness (QED) is 0.531. The molecule has 1 aliphatic carbocycles. The molecule has 1 N–H and O–H groups in total. The number of dihydropyridines is 1. The summed E-state index contributed by atoms with van der Waals surface area (Å²) in [6, 6.07) is 13.7. The van der Waals surface area contributed by atoms with Crippen molar-refractivity contribution in [2.45, 2.75) is 57.8 Å². The molecule has 1 aromatic carbocycles. The van der Waals surface area contributed by atoms with Gasteiger partial charge in [0.05, 0.1) is 28.9 Å². The van der Waals surface area contributed by atoms with Crippen molar-refractivity contribution in [3.05, 3.63) is 81.4 Å². The molecule has 0 bridgehead atoms. The van der Waals surface area contributed by atoms with Crippen LogP contribution in [0.3, 0.4) is 0 Å². The Morgan fingerprint density at radius 3 is 2.61 bits per heavy atom. The molecule has 1 aliphatic heterocycles. The van der Waals surface area contributed by atoms with Crippen molar-refractivity contribution in [1.29, 1.82) is 5.26 Å². The number of furan rings is 1. The first-order valence-electron chi connectivity index (χ1n) is 11.3. The van der Waals surface area contributed by atoms with Gasteiger partial charge in [0.25, 0.3) is 0 Å². The highest BCUT2D eigenvalue weighted by Crippen LogP contribution is 2.44. The Bertz CT molecular complexity index is 1160. The Balaban J connectivity index is 1.50. The monoisotopic (exact) mass is 460 g/mol. The van der Waals surface area contributed by atoms with Crippen LogP contribution in [0, 0.1) is 11.3 Å². The van der Waals surface area contributed by atoms with E-state index in [2.05, 4.69) is 32.2 Å². The summed E-state index contributed by atoms with van der Waals surface area (Å²) in [5.74, 6) is 0.791. The maximum Gasteiger partial charge on any atom is 0.163 e. The normalized spacial score (nSPS) is 18.6. The molecule has 2 heterocycles. The Morgan fingerprint density at radius 1 is 1.21 bits per heavy atom. The summed E-state index contributed by atoms with van der Waals surface area (Å²) in [6.45, 7) is 6.44. The molecule has 2 aliphatic rings. The van der Waals surface area contributed by atoms with Crippen LogP contribution in [0.2, 0.25) is 0 Å². The second kappa shape index (κ2) is 9.44. The highest BCUT2D eigenvalue weighted by Gasteiger charge is 2.38. The molecule has 4 rings (SSSR count). The molecule has 0 saturated carbocycles. The van der Waals surface area contributed by atoms with Crippen molar-refractivity contribution >= 4 is 23.3 Å². The number of nitrogens with zero attached hydrogens (tertiary/aromatic N) is 1. The zero-order valence-corrected chi connectivity index (χ0v) is 20.1. The van der Waals surface area contributed by atoms with Crippen LogP contribution in [-0.4, -0.2) is 17.3 Å². The van der Waals surface area contributed by atoms with Gasteiger partial charge in [0.1, 0.15) is 5.76 Å². The number of carbonyl (C=O) groups excluding carboxylic acids is 2. The van der Waals surface area contributed by atoms with E-state index in [9.17, 15) is 14.9 Å². The third-order valence-corrected chi connectivity index (χ3v) is 7.16. The zero-order chi connectivity index (χ0) is 23.6. The lowest BCUT2D eigenvalue weighted by atomic mass is 9.79. The Morgan fingerprint density at radius 2 is 1.97 bits per heavy atom. The maximum absolute atomic E-state index is 12.7. The van der Waals surface area contributed by atoms with E-state index < -0.39 is 5.92 Å². The molecule has 5 nitrogen and oxygen atoms in total. The van der Waals surface area contributed by atoms with Crippen LogP contribution in [0.15, 0.2) is 69.0 Å². The van der Waals surface area contributed by atoms with Gasteiger partial charge in [0.2, 0.25) is 0 Å². The van der Waals surface area contributed by atoms with Crippen LogP contribution >= 0.6 is 11.8 Å². The molecule has 33 heavy (non-hydrogen) atoms. The van der Waals surface area contributed by atoms with Gasteiger partial charge in [-0.3, -0.25) is 9.59 Å². The highest BCUT2D eigenvalue weighted by molar-refractivity contribution is 8.03. The fourth-order valence-electron chi connectivity index (χ4n) is 4.32. The first-order chi connectivity index (χ1) is 15.8. The van der Waals surface area contributed by atoms with Gasteiger partial charge in [0, 0.05) is 35.4 Å². The van der Waals surface area contributed by atoms with Crippen molar-refractivity contribution in [2.75, 3.05) is 5.75 Å². The van der Waals surface area contributed by atoms with Crippen molar-refractivity contribution in [3.63, 3.8) is 0 Å². The van der Waals surface area contributed by atoms with Crippen LogP contribution in [0.25, 0.3) is 0 Å². The van der Waals surface area contributed by atoms with Crippen LogP contribution in [0.5, 0.6) is 0 Å². The number of benzene rings is 1. The van der Waals surface area contributed by atoms with Gasteiger partial charge in [-0.25, -0.2) is 0 Å². The fourth-order valence-corrected chi connectivity index (χ4v) is 5.33. The second-order valence-electron chi connectivity index (χ2n) is 9.45. The molecule has 0 amide bonds. The molecule has 0 spiro atoms. The number of hydrogen-bond donors (Lipinski definition) is 1. The zero-order valence-electron chi connectivity index (χ0n) is 19.2. The number of nitriles is 1. The predicted octanol–water partition coefficient (Wildman–Crippen LogP) is 6.01. The third-order valence-electron chi connectivity index (χ3n) is 6.14. The van der Waals surface area contributed by atoms with Crippen molar-refractivity contribution in [2.24, 2.45) is 0 Å². The molecule has 0 saturated heterocycles. The molecule has 170 valence electrons. The van der Waals surface area contributed by atoms with Crippen LogP contribution in [-0.2, 0) is 10.2 Å². The fraction of sp³-hybridized carbons (Fsp3) is 0.370. The van der Waals surface area contributed by atoms with Gasteiger partial charge >= 0.3 is 0 Å². The first-order valence-corrected chi connectivity index (χ1v) is 12.3. The standard InChI is InChI=1S/C27H28N2O3S/c1-27(2,3)18-11-9-17(10-12-18)21(30)13-15-33-26-19(16-28)24(23-8-5-14-32-23)25-20(29-26)6-4-7-22(25)31/h5,8-12,14,24,29H,4,6-7,13,15H2,1-3H3/t24-/m0/s1. The molecule has 0 unspecified atom stereocenters. The lowest BCUT2D eigenvalue weighted by molar-refractivity contribution is -0.116. The number of rotatable bonds is 6. The number of carbonyl (C=O) groups is 2. The summed E-state index contributed by atoms with van der Waals surface area (Å²) < 4.78 is 5.62. The molecule has 0 radical (unpaired) electrons. The third kappa shape index (κ3) is 4.84. The molecule has 0 fully saturated rings. The van der Waals surface area contributed by atoms with Gasteiger partial charge in [-0.1, -0.05) is 45.0 Å². The highest BCUT2D eigenvalue weighted by atomic mass is 32.2. The van der Waals surface area contributed by atoms with Gasteiger partial charge in [-0.15, -0.1) is 11.8 Å². The minimum Gasteiger partial charge on any atom is -0.468 e. The van der Waals surface area contributed by atoms with E-state index in [4.69, 9.17) is 4.42 Å². The summed E-state index contributed by atoms with van der Waals surface area (Å²) in [7, 11) is 0. The van der Waals surface area contributed by atoms with Gasteiger partial charge in [-0.2, -0.15) is 5.26 Å². The van der Waals surface area contributed by atoms with E-state index in [1.165, 1.54) is 17.3 Å². The largest absolute Gasteiger partial charge is 0.468 e. The van der Waals surface area contributed by atoms with Gasteiger partial charge in [-0.05, 0) is 36.0 Å². The van der Waals surface area contributed by atoms with Crippen LogP contribution in [0.4, 0.5) is 0 Å². The average molecular weight is 461 g/mol. The minimum absolute atomic E-state index is 0.0445. The maximum atomic E-state index is 12.7. The molecule has 6 heteroatoms. The van der Waals surface area contributed by atoms with E-state index in [0.29, 0.717) is 46.1 Å². The average Bonchev–Trinajstić information content (AvgIpc) is 3.32. The smallest absolute Gasteiger partial charge is 0.163 e. The van der Waals surface area contributed by atoms with E-state index in [0.717, 1.165) is 18.5 Å². The van der Waals surface area contributed by atoms with E-state index >= 15 is 0 Å². The van der Waals surface area contributed by atoms with E-state index in [1.54, 1.807) is 12.3 Å². The molecular weight excluding hydrogens is 432 g/mol. The number of hydrogen-bond acceptors (Lipinski definition) is 6. The molecule has 1 atom stereocenters. The van der Waals surface area contributed by atoms with Gasteiger partial charge < -0.3 is 9.73 Å². The predicted molar refractivity (Wildman–Crippen MR) is 130 cm³/mol. The van der Waals surface area contributed by atoms with E-state index in [1.807, 2.05) is 30.3 Å². The molecule has 2 aromatic rings. The number of Topliss-reactive ketones (excluding diaryl/α,β-unsaturated/α-hetero) is 2. The van der Waals surface area contributed by atoms with Crippen LogP contribution < -0.4 is 5.32 Å².